The molecule has 2 atom stereocenters. The van der Waals surface area contributed by atoms with Gasteiger partial charge in [-0.3, -0.25) is 4.79 Å². The summed E-state index contributed by atoms with van der Waals surface area (Å²) in [6.45, 7) is 4.30. The predicted molar refractivity (Wildman–Crippen MR) is 82.5 cm³/mol. The van der Waals surface area contributed by atoms with Gasteiger partial charge in [0.2, 0.25) is 0 Å². The summed E-state index contributed by atoms with van der Waals surface area (Å²) in [6.07, 6.45) is 3.80. The standard InChI is InChI=1S/C17H25NO3/c1-13(15-4-3-11-18-12-15)21-16-8-5-14(6-9-16)7-10-17(19)20-2/h5-6,8-9,13,15,18H,3-4,7,10-12H2,1-2H3. The Morgan fingerprint density at radius 2 is 2.14 bits per heavy atom. The number of aryl methyl sites for hydroxylation is 1. The number of hydrogen-bond donors (Lipinski definition) is 1. The van der Waals surface area contributed by atoms with Crippen LogP contribution in [0.3, 0.4) is 0 Å². The van der Waals surface area contributed by atoms with Gasteiger partial charge < -0.3 is 14.8 Å². The molecule has 0 bridgehead atoms. The molecule has 0 radical (unpaired) electrons. The van der Waals surface area contributed by atoms with Crippen LogP contribution in [0.1, 0.15) is 31.7 Å². The maximum Gasteiger partial charge on any atom is 0.305 e. The Morgan fingerprint density at radius 1 is 1.38 bits per heavy atom. The molecule has 1 heterocycles. The van der Waals surface area contributed by atoms with Crippen molar-refractivity contribution in [3.05, 3.63) is 29.8 Å². The lowest BCUT2D eigenvalue weighted by Gasteiger charge is -2.28. The zero-order valence-electron chi connectivity index (χ0n) is 12.9. The predicted octanol–water partition coefficient (Wildman–Crippen LogP) is 2.56. The number of rotatable bonds is 6. The zero-order chi connectivity index (χ0) is 15.1. The van der Waals surface area contributed by atoms with Gasteiger partial charge in [0.15, 0.2) is 0 Å². The highest BCUT2D eigenvalue weighted by Crippen LogP contribution is 2.21. The Kier molecular flexibility index (Phi) is 6.05. The van der Waals surface area contributed by atoms with Crippen LogP contribution >= 0.6 is 0 Å². The molecule has 0 aromatic heterocycles. The number of ether oxygens (including phenoxy) is 2. The number of piperidine rings is 1. The van der Waals surface area contributed by atoms with E-state index in [0.717, 1.165) is 24.4 Å². The van der Waals surface area contributed by atoms with Crippen molar-refractivity contribution in [1.82, 2.24) is 5.32 Å². The number of benzene rings is 1. The van der Waals surface area contributed by atoms with E-state index in [1.165, 1.54) is 20.0 Å². The molecular formula is C17H25NO3. The van der Waals surface area contributed by atoms with Crippen LogP contribution in [0.5, 0.6) is 5.75 Å². The topological polar surface area (TPSA) is 47.6 Å². The van der Waals surface area contributed by atoms with E-state index >= 15 is 0 Å². The highest BCUT2D eigenvalue weighted by atomic mass is 16.5. The quantitative estimate of drug-likeness (QED) is 0.818. The van der Waals surface area contributed by atoms with Gasteiger partial charge in [-0.15, -0.1) is 0 Å². The molecule has 1 N–H and O–H groups in total. The number of carbonyl (C=O) groups excluding carboxylic acids is 1. The molecule has 1 aliphatic heterocycles. The van der Waals surface area contributed by atoms with Crippen molar-refractivity contribution in [1.29, 1.82) is 0 Å². The first kappa shape index (κ1) is 15.8. The van der Waals surface area contributed by atoms with Gasteiger partial charge in [0.1, 0.15) is 5.75 Å². The first-order valence-corrected chi connectivity index (χ1v) is 7.72. The first-order valence-electron chi connectivity index (χ1n) is 7.72. The average Bonchev–Trinajstić information content (AvgIpc) is 2.54. The molecule has 1 fully saturated rings. The summed E-state index contributed by atoms with van der Waals surface area (Å²) in [5, 5.41) is 3.42. The molecule has 4 nitrogen and oxygen atoms in total. The normalized spacial score (nSPS) is 19.8. The van der Waals surface area contributed by atoms with Crippen LogP contribution in [0.4, 0.5) is 0 Å². The van der Waals surface area contributed by atoms with Crippen LogP contribution in [0.15, 0.2) is 24.3 Å². The molecule has 1 aromatic rings. The SMILES string of the molecule is COC(=O)CCc1ccc(OC(C)C2CCCNC2)cc1. The Bertz CT molecular complexity index is 438. The Balaban J connectivity index is 1.82. The van der Waals surface area contributed by atoms with E-state index in [0.29, 0.717) is 18.8 Å². The van der Waals surface area contributed by atoms with Gasteiger partial charge in [-0.25, -0.2) is 0 Å². The van der Waals surface area contributed by atoms with Crippen LogP contribution in [0, 0.1) is 5.92 Å². The fourth-order valence-corrected chi connectivity index (χ4v) is 2.67. The van der Waals surface area contributed by atoms with Crippen molar-refractivity contribution in [3.63, 3.8) is 0 Å². The molecule has 0 aliphatic carbocycles. The second-order valence-electron chi connectivity index (χ2n) is 5.65. The van der Waals surface area contributed by atoms with E-state index in [1.807, 2.05) is 24.3 Å². The largest absolute Gasteiger partial charge is 0.490 e. The van der Waals surface area contributed by atoms with Crippen molar-refractivity contribution >= 4 is 5.97 Å². The van der Waals surface area contributed by atoms with Gasteiger partial charge >= 0.3 is 5.97 Å². The summed E-state index contributed by atoms with van der Waals surface area (Å²) in [6, 6.07) is 8.01. The van der Waals surface area contributed by atoms with Crippen molar-refractivity contribution < 1.29 is 14.3 Å². The van der Waals surface area contributed by atoms with Crippen molar-refractivity contribution in [2.45, 2.75) is 38.7 Å². The molecule has 4 heteroatoms. The molecule has 0 spiro atoms. The summed E-state index contributed by atoms with van der Waals surface area (Å²) < 4.78 is 10.7. The van der Waals surface area contributed by atoms with Crippen LogP contribution in [0.25, 0.3) is 0 Å². The molecule has 1 saturated heterocycles. The number of carbonyl (C=O) groups is 1. The van der Waals surface area contributed by atoms with Crippen LogP contribution in [0.2, 0.25) is 0 Å². The van der Waals surface area contributed by atoms with Crippen LogP contribution in [-0.2, 0) is 16.0 Å². The Labute approximate surface area is 126 Å². The molecule has 2 unspecified atom stereocenters. The molecule has 1 aromatic carbocycles. The first-order chi connectivity index (χ1) is 10.2. The van der Waals surface area contributed by atoms with E-state index in [4.69, 9.17) is 4.74 Å². The van der Waals surface area contributed by atoms with Gasteiger partial charge in [-0.05, 0) is 50.4 Å². The molecule has 116 valence electrons. The van der Waals surface area contributed by atoms with Gasteiger partial charge in [-0.2, -0.15) is 0 Å². The Hall–Kier alpha value is -1.55. The third-order valence-electron chi connectivity index (χ3n) is 4.09. The summed E-state index contributed by atoms with van der Waals surface area (Å²) >= 11 is 0. The number of hydrogen-bond acceptors (Lipinski definition) is 4. The molecule has 21 heavy (non-hydrogen) atoms. The fraction of sp³-hybridized carbons (Fsp3) is 0.588. The Morgan fingerprint density at radius 3 is 2.76 bits per heavy atom. The van der Waals surface area contributed by atoms with E-state index in [2.05, 4.69) is 17.0 Å². The highest BCUT2D eigenvalue weighted by Gasteiger charge is 2.21. The lowest BCUT2D eigenvalue weighted by atomic mass is 9.94. The van der Waals surface area contributed by atoms with Crippen LogP contribution in [-0.4, -0.2) is 32.3 Å². The van der Waals surface area contributed by atoms with Gasteiger partial charge in [-0.1, -0.05) is 12.1 Å². The minimum Gasteiger partial charge on any atom is -0.490 e. The van der Waals surface area contributed by atoms with Gasteiger partial charge in [0, 0.05) is 18.9 Å². The fourth-order valence-electron chi connectivity index (χ4n) is 2.67. The second kappa shape index (κ2) is 8.03. The third kappa shape index (κ3) is 5.05. The summed E-state index contributed by atoms with van der Waals surface area (Å²) in [7, 11) is 1.42. The van der Waals surface area contributed by atoms with Crippen molar-refractivity contribution in [2.75, 3.05) is 20.2 Å². The molecule has 0 amide bonds. The number of methoxy groups -OCH3 is 1. The minimum absolute atomic E-state index is 0.172. The second-order valence-corrected chi connectivity index (χ2v) is 5.65. The number of nitrogens with one attached hydrogen (secondary N) is 1. The van der Waals surface area contributed by atoms with E-state index in [-0.39, 0.29) is 12.1 Å². The third-order valence-corrected chi connectivity index (χ3v) is 4.09. The maximum absolute atomic E-state index is 11.1. The van der Waals surface area contributed by atoms with E-state index in [9.17, 15) is 4.79 Å². The van der Waals surface area contributed by atoms with E-state index < -0.39 is 0 Å². The average molecular weight is 291 g/mol. The van der Waals surface area contributed by atoms with Crippen molar-refractivity contribution in [2.24, 2.45) is 5.92 Å². The highest BCUT2D eigenvalue weighted by molar-refractivity contribution is 5.69. The molecular weight excluding hydrogens is 266 g/mol. The van der Waals surface area contributed by atoms with Gasteiger partial charge in [0.25, 0.3) is 0 Å². The summed E-state index contributed by atoms with van der Waals surface area (Å²) in [4.78, 5) is 11.1. The molecule has 2 rings (SSSR count). The van der Waals surface area contributed by atoms with E-state index in [1.54, 1.807) is 0 Å². The summed E-state index contributed by atoms with van der Waals surface area (Å²) in [5.41, 5.74) is 1.12. The zero-order valence-corrected chi connectivity index (χ0v) is 12.9. The molecule has 1 aliphatic rings. The van der Waals surface area contributed by atoms with Crippen LogP contribution < -0.4 is 10.1 Å². The maximum atomic E-state index is 11.1. The lowest BCUT2D eigenvalue weighted by Crippen LogP contribution is -2.37. The van der Waals surface area contributed by atoms with Crippen molar-refractivity contribution in [3.8, 4) is 5.75 Å². The summed E-state index contributed by atoms with van der Waals surface area (Å²) in [5.74, 6) is 1.31. The number of esters is 1. The lowest BCUT2D eigenvalue weighted by molar-refractivity contribution is -0.140. The monoisotopic (exact) mass is 291 g/mol. The van der Waals surface area contributed by atoms with Gasteiger partial charge in [0.05, 0.1) is 13.2 Å². The molecule has 0 saturated carbocycles. The smallest absolute Gasteiger partial charge is 0.305 e. The minimum atomic E-state index is -0.172.